The zero-order valence-electron chi connectivity index (χ0n) is 16.6. The zero-order chi connectivity index (χ0) is 19.9. The van der Waals surface area contributed by atoms with Crippen molar-refractivity contribution in [2.24, 2.45) is 0 Å². The Morgan fingerprint density at radius 2 is 1.61 bits per heavy atom. The highest BCUT2D eigenvalue weighted by Gasteiger charge is 2.15. The monoisotopic (exact) mass is 380 g/mol. The minimum atomic E-state index is -0.639. The number of carbonyl (C=O) groups excluding carboxylic acids is 2. The zero-order valence-corrected chi connectivity index (χ0v) is 16.6. The molecule has 0 atom stereocenters. The summed E-state index contributed by atoms with van der Waals surface area (Å²) in [6, 6.07) is 15.8. The Hall–Kier alpha value is -2.86. The first kappa shape index (κ1) is 19.9. The fourth-order valence-corrected chi connectivity index (χ4v) is 3.23. The molecule has 0 aliphatic carbocycles. The van der Waals surface area contributed by atoms with Gasteiger partial charge in [-0.25, -0.2) is 0 Å². The molecule has 1 saturated heterocycles. The number of para-hydroxylation sites is 1. The molecule has 1 aliphatic rings. The van der Waals surface area contributed by atoms with Gasteiger partial charge < -0.3 is 20.4 Å². The van der Waals surface area contributed by atoms with Crippen LogP contribution in [0.25, 0.3) is 0 Å². The summed E-state index contributed by atoms with van der Waals surface area (Å²) in [5, 5.41) is 5.33. The summed E-state index contributed by atoms with van der Waals surface area (Å²) in [5.41, 5.74) is 3.95. The average Bonchev–Trinajstić information content (AvgIpc) is 2.71. The molecule has 2 N–H and O–H groups in total. The Balaban J connectivity index is 1.43. The van der Waals surface area contributed by atoms with Crippen LogP contribution >= 0.6 is 0 Å². The Bertz CT molecular complexity index is 812. The quantitative estimate of drug-likeness (QED) is 0.780. The van der Waals surface area contributed by atoms with Gasteiger partial charge >= 0.3 is 11.8 Å². The van der Waals surface area contributed by atoms with Gasteiger partial charge in [0.1, 0.15) is 0 Å². The largest absolute Gasteiger partial charge is 0.369 e. The van der Waals surface area contributed by atoms with Gasteiger partial charge in [0.2, 0.25) is 0 Å². The number of piperazine rings is 1. The van der Waals surface area contributed by atoms with Crippen LogP contribution in [-0.2, 0) is 16.0 Å². The van der Waals surface area contributed by atoms with Crippen LogP contribution in [0.15, 0.2) is 48.5 Å². The molecule has 0 radical (unpaired) electrons. The molecular formula is C22H28N4O2. The molecule has 1 fully saturated rings. The van der Waals surface area contributed by atoms with Crippen molar-refractivity contribution in [2.75, 3.05) is 50.0 Å². The van der Waals surface area contributed by atoms with E-state index in [4.69, 9.17) is 0 Å². The van der Waals surface area contributed by atoms with Crippen molar-refractivity contribution in [3.05, 3.63) is 59.7 Å². The summed E-state index contributed by atoms with van der Waals surface area (Å²) in [6.07, 6.45) is 0.687. The van der Waals surface area contributed by atoms with Crippen molar-refractivity contribution in [1.29, 1.82) is 0 Å². The molecule has 148 valence electrons. The summed E-state index contributed by atoms with van der Waals surface area (Å²) < 4.78 is 0. The van der Waals surface area contributed by atoms with Gasteiger partial charge in [-0.2, -0.15) is 0 Å². The third kappa shape index (κ3) is 5.33. The molecule has 6 nitrogen and oxygen atoms in total. The highest BCUT2D eigenvalue weighted by Crippen LogP contribution is 2.17. The minimum absolute atomic E-state index is 0.424. The number of hydrogen-bond acceptors (Lipinski definition) is 4. The van der Waals surface area contributed by atoms with Gasteiger partial charge in [-0.05, 0) is 49.7 Å². The molecule has 2 amide bonds. The third-order valence-corrected chi connectivity index (χ3v) is 5.10. The van der Waals surface area contributed by atoms with E-state index in [-0.39, 0.29) is 0 Å². The lowest BCUT2D eigenvalue weighted by Crippen LogP contribution is -2.44. The number of nitrogens with zero attached hydrogens (tertiary/aromatic N) is 2. The highest BCUT2D eigenvalue weighted by atomic mass is 16.2. The Kier molecular flexibility index (Phi) is 6.66. The topological polar surface area (TPSA) is 64.7 Å². The summed E-state index contributed by atoms with van der Waals surface area (Å²) in [4.78, 5) is 28.7. The van der Waals surface area contributed by atoms with Crippen molar-refractivity contribution in [3.63, 3.8) is 0 Å². The van der Waals surface area contributed by atoms with Gasteiger partial charge in [-0.15, -0.1) is 0 Å². The number of carbonyl (C=O) groups is 2. The van der Waals surface area contributed by atoms with Crippen LogP contribution in [0.4, 0.5) is 11.4 Å². The van der Waals surface area contributed by atoms with Crippen molar-refractivity contribution in [2.45, 2.75) is 13.3 Å². The van der Waals surface area contributed by atoms with Gasteiger partial charge in [0.15, 0.2) is 0 Å². The lowest BCUT2D eigenvalue weighted by atomic mass is 10.1. The van der Waals surface area contributed by atoms with Crippen LogP contribution in [0.2, 0.25) is 0 Å². The fraction of sp³-hybridized carbons (Fsp3) is 0.364. The maximum Gasteiger partial charge on any atom is 0.313 e. The molecule has 1 heterocycles. The first-order chi connectivity index (χ1) is 13.5. The standard InChI is InChI=1S/C22H28N4O2/c1-17-5-3-4-6-20(17)24-22(28)21(27)23-12-11-18-7-9-19(10-8-18)26-15-13-25(2)14-16-26/h3-10H,11-16H2,1-2H3,(H,23,27)(H,24,28). The molecule has 0 bridgehead atoms. The van der Waals surface area contributed by atoms with E-state index >= 15 is 0 Å². The summed E-state index contributed by atoms with van der Waals surface area (Å²) in [5.74, 6) is -1.25. The van der Waals surface area contributed by atoms with Crippen LogP contribution < -0.4 is 15.5 Å². The second-order valence-electron chi connectivity index (χ2n) is 7.23. The van der Waals surface area contributed by atoms with Crippen LogP contribution in [0.5, 0.6) is 0 Å². The van der Waals surface area contributed by atoms with Crippen molar-refractivity contribution >= 4 is 23.2 Å². The van der Waals surface area contributed by atoms with Gasteiger partial charge in [0, 0.05) is 44.1 Å². The van der Waals surface area contributed by atoms with Gasteiger partial charge in [-0.1, -0.05) is 30.3 Å². The molecule has 6 heteroatoms. The molecule has 1 aliphatic heterocycles. The van der Waals surface area contributed by atoms with E-state index < -0.39 is 11.8 Å². The lowest BCUT2D eigenvalue weighted by Gasteiger charge is -2.34. The molecule has 2 aromatic carbocycles. The Morgan fingerprint density at radius 1 is 0.929 bits per heavy atom. The molecule has 0 spiro atoms. The number of benzene rings is 2. The summed E-state index contributed by atoms with van der Waals surface area (Å²) in [6.45, 7) is 6.56. The van der Waals surface area contributed by atoms with Crippen molar-refractivity contribution in [3.8, 4) is 0 Å². The molecule has 0 saturated carbocycles. The fourth-order valence-electron chi connectivity index (χ4n) is 3.23. The number of amides is 2. The van der Waals surface area contributed by atoms with Gasteiger partial charge in [0.05, 0.1) is 0 Å². The smallest absolute Gasteiger partial charge is 0.313 e. The predicted octanol–water partition coefficient (Wildman–Crippen LogP) is 2.04. The van der Waals surface area contributed by atoms with Crippen molar-refractivity contribution in [1.82, 2.24) is 10.2 Å². The number of nitrogens with one attached hydrogen (secondary N) is 2. The lowest BCUT2D eigenvalue weighted by molar-refractivity contribution is -0.136. The minimum Gasteiger partial charge on any atom is -0.369 e. The number of rotatable bonds is 5. The van der Waals surface area contributed by atoms with E-state index in [0.29, 0.717) is 18.7 Å². The number of hydrogen-bond donors (Lipinski definition) is 2. The van der Waals surface area contributed by atoms with E-state index in [1.165, 1.54) is 5.69 Å². The van der Waals surface area contributed by atoms with E-state index in [9.17, 15) is 9.59 Å². The first-order valence-corrected chi connectivity index (χ1v) is 9.70. The number of likely N-dealkylation sites (N-methyl/N-ethyl adjacent to an activating group) is 1. The van der Waals surface area contributed by atoms with E-state index in [1.807, 2.05) is 25.1 Å². The predicted molar refractivity (Wildman–Crippen MR) is 113 cm³/mol. The van der Waals surface area contributed by atoms with E-state index in [0.717, 1.165) is 37.3 Å². The molecule has 3 rings (SSSR count). The second-order valence-corrected chi connectivity index (χ2v) is 7.23. The molecule has 0 aromatic heterocycles. The first-order valence-electron chi connectivity index (χ1n) is 9.70. The van der Waals surface area contributed by atoms with Gasteiger partial charge in [-0.3, -0.25) is 9.59 Å². The van der Waals surface area contributed by atoms with Crippen LogP contribution in [0.1, 0.15) is 11.1 Å². The SMILES string of the molecule is Cc1ccccc1NC(=O)C(=O)NCCc1ccc(N2CCN(C)CC2)cc1. The van der Waals surface area contributed by atoms with E-state index in [2.05, 4.69) is 51.7 Å². The summed E-state index contributed by atoms with van der Waals surface area (Å²) in [7, 11) is 2.15. The van der Waals surface area contributed by atoms with Gasteiger partial charge in [0.25, 0.3) is 0 Å². The summed E-state index contributed by atoms with van der Waals surface area (Å²) >= 11 is 0. The van der Waals surface area contributed by atoms with Crippen LogP contribution in [0.3, 0.4) is 0 Å². The Morgan fingerprint density at radius 3 is 2.29 bits per heavy atom. The molecule has 28 heavy (non-hydrogen) atoms. The maximum atomic E-state index is 12.0. The molecule has 0 unspecified atom stereocenters. The molecular weight excluding hydrogens is 352 g/mol. The van der Waals surface area contributed by atoms with Crippen molar-refractivity contribution < 1.29 is 9.59 Å². The Labute approximate surface area is 166 Å². The van der Waals surface area contributed by atoms with E-state index in [1.54, 1.807) is 6.07 Å². The molecule has 2 aromatic rings. The average molecular weight is 380 g/mol. The number of aryl methyl sites for hydroxylation is 1. The number of anilines is 2. The normalized spacial score (nSPS) is 14.6. The second kappa shape index (κ2) is 9.37. The maximum absolute atomic E-state index is 12.0. The van der Waals surface area contributed by atoms with Crippen LogP contribution in [0, 0.1) is 6.92 Å². The van der Waals surface area contributed by atoms with Crippen LogP contribution in [-0.4, -0.2) is 56.5 Å². The third-order valence-electron chi connectivity index (χ3n) is 5.10. The highest BCUT2D eigenvalue weighted by molar-refractivity contribution is 6.39.